The van der Waals surface area contributed by atoms with Crippen LogP contribution in [0.15, 0.2) is 0 Å². The predicted octanol–water partition coefficient (Wildman–Crippen LogP) is 6.45. The highest BCUT2D eigenvalue weighted by Gasteiger charge is 2.46. The summed E-state index contributed by atoms with van der Waals surface area (Å²) in [7, 11) is -3.75. The number of hydrazine groups is 1. The molecule has 0 aromatic heterocycles. The average Bonchev–Trinajstić information content (AvgIpc) is 3.19. The van der Waals surface area contributed by atoms with Crippen molar-refractivity contribution < 1.29 is 22.5 Å². The molecule has 216 valence electrons. The maximum atomic E-state index is 14.2. The molecule has 2 saturated carbocycles. The van der Waals surface area contributed by atoms with Crippen LogP contribution in [0.25, 0.3) is 0 Å². The maximum absolute atomic E-state index is 14.2. The number of phosphoric acid groups is 1. The van der Waals surface area contributed by atoms with Crippen LogP contribution in [0.1, 0.15) is 99.8 Å². The zero-order valence-electron chi connectivity index (χ0n) is 24.3. The summed E-state index contributed by atoms with van der Waals surface area (Å²) in [5, 5.41) is 6.00. The van der Waals surface area contributed by atoms with Crippen molar-refractivity contribution in [2.45, 2.75) is 129 Å². The molecule has 2 aliphatic carbocycles. The standard InChI is InChI=1S/C28H53FN3O4P/c1-19-15-21(10-12-24(19)29)26-23(9-8-14-30-26)20-11-13-25-22(16-20)17-31-32(25)18-34-37(33,35-27(2,3)4)36-28(5,6)7/h19-26,30-31H,8-18H2,1-7H3/t19-,20-,21-,22+,23-,24+,25?,26+/m1/s1. The van der Waals surface area contributed by atoms with Crippen molar-refractivity contribution in [1.82, 2.24) is 15.8 Å². The third-order valence-electron chi connectivity index (χ3n) is 8.84. The Balaban J connectivity index is 1.35. The molecule has 7 nitrogen and oxygen atoms in total. The summed E-state index contributed by atoms with van der Waals surface area (Å²) in [4.78, 5) is 0. The van der Waals surface area contributed by atoms with Gasteiger partial charge in [0, 0.05) is 18.6 Å². The van der Waals surface area contributed by atoms with E-state index in [1.165, 1.54) is 25.7 Å². The molecule has 1 unspecified atom stereocenters. The van der Waals surface area contributed by atoms with Crippen LogP contribution in [-0.4, -0.2) is 54.3 Å². The first kappa shape index (κ1) is 29.9. The highest BCUT2D eigenvalue weighted by Crippen LogP contribution is 2.56. The summed E-state index contributed by atoms with van der Waals surface area (Å²) in [6, 6.07) is 0.903. The van der Waals surface area contributed by atoms with Gasteiger partial charge in [0.1, 0.15) is 12.9 Å². The van der Waals surface area contributed by atoms with E-state index < -0.39 is 25.2 Å². The van der Waals surface area contributed by atoms with E-state index in [-0.39, 0.29) is 12.6 Å². The van der Waals surface area contributed by atoms with E-state index in [0.29, 0.717) is 35.8 Å². The number of nitrogens with one attached hydrogen (secondary N) is 2. The fourth-order valence-corrected chi connectivity index (χ4v) is 9.13. The molecular formula is C28H53FN3O4P. The lowest BCUT2D eigenvalue weighted by molar-refractivity contribution is -0.0315. The van der Waals surface area contributed by atoms with E-state index in [2.05, 4.69) is 22.7 Å². The molecule has 0 amide bonds. The minimum atomic E-state index is -3.75. The summed E-state index contributed by atoms with van der Waals surface area (Å²) in [5.41, 5.74) is 2.23. The van der Waals surface area contributed by atoms with Gasteiger partial charge in [0.2, 0.25) is 0 Å². The molecule has 0 radical (unpaired) electrons. The topological polar surface area (TPSA) is 72.1 Å². The molecular weight excluding hydrogens is 492 g/mol. The molecule has 4 rings (SSSR count). The lowest BCUT2D eigenvalue weighted by atomic mass is 9.64. The summed E-state index contributed by atoms with van der Waals surface area (Å²) in [6.45, 7) is 15.4. The molecule has 4 fully saturated rings. The number of piperidine rings is 1. The fourth-order valence-electron chi connectivity index (χ4n) is 7.38. The van der Waals surface area contributed by atoms with Gasteiger partial charge in [-0.3, -0.25) is 19.0 Å². The molecule has 2 saturated heterocycles. The summed E-state index contributed by atoms with van der Waals surface area (Å²) in [6.07, 6.45) is 8.21. The van der Waals surface area contributed by atoms with Gasteiger partial charge >= 0.3 is 7.82 Å². The van der Waals surface area contributed by atoms with Gasteiger partial charge in [-0.15, -0.1) is 0 Å². The Morgan fingerprint density at radius 1 is 0.919 bits per heavy atom. The van der Waals surface area contributed by atoms with Crippen LogP contribution < -0.4 is 10.7 Å². The van der Waals surface area contributed by atoms with Crippen LogP contribution in [-0.2, 0) is 18.1 Å². The number of nitrogens with zero attached hydrogens (tertiary/aromatic N) is 1. The summed E-state index contributed by atoms with van der Waals surface area (Å²) in [5.74, 6) is 2.74. The molecule has 0 aromatic carbocycles. The monoisotopic (exact) mass is 545 g/mol. The second kappa shape index (κ2) is 11.8. The van der Waals surface area contributed by atoms with Crippen LogP contribution in [0.2, 0.25) is 0 Å². The van der Waals surface area contributed by atoms with Crippen LogP contribution >= 0.6 is 7.82 Å². The maximum Gasteiger partial charge on any atom is 0.477 e. The molecule has 0 aromatic rings. The zero-order chi connectivity index (χ0) is 27.0. The van der Waals surface area contributed by atoms with Crippen molar-refractivity contribution in [1.29, 1.82) is 0 Å². The number of fused-ring (bicyclic) bond motifs is 1. The Bertz CT molecular complexity index is 783. The van der Waals surface area contributed by atoms with Gasteiger partial charge in [-0.05, 0) is 129 Å². The largest absolute Gasteiger partial charge is 0.477 e. The van der Waals surface area contributed by atoms with Gasteiger partial charge in [-0.25, -0.2) is 14.0 Å². The zero-order valence-corrected chi connectivity index (χ0v) is 25.2. The Kier molecular flexibility index (Phi) is 9.53. The fraction of sp³-hybridized carbons (Fsp3) is 1.00. The Morgan fingerprint density at radius 3 is 2.24 bits per heavy atom. The first-order valence-electron chi connectivity index (χ1n) is 14.8. The summed E-state index contributed by atoms with van der Waals surface area (Å²) >= 11 is 0. The number of rotatable bonds is 7. The number of hydrogen-bond donors (Lipinski definition) is 2. The van der Waals surface area contributed by atoms with Gasteiger partial charge in [-0.1, -0.05) is 6.92 Å². The van der Waals surface area contributed by atoms with Crippen molar-refractivity contribution in [3.63, 3.8) is 0 Å². The molecule has 2 N–H and O–H groups in total. The van der Waals surface area contributed by atoms with Crippen molar-refractivity contribution in [3.8, 4) is 0 Å². The van der Waals surface area contributed by atoms with Crippen molar-refractivity contribution in [2.75, 3.05) is 19.8 Å². The average molecular weight is 546 g/mol. The van der Waals surface area contributed by atoms with E-state index in [9.17, 15) is 8.96 Å². The first-order chi connectivity index (χ1) is 17.2. The van der Waals surface area contributed by atoms with E-state index in [1.54, 1.807) is 0 Å². The highest BCUT2D eigenvalue weighted by molar-refractivity contribution is 7.48. The van der Waals surface area contributed by atoms with E-state index in [1.807, 2.05) is 41.5 Å². The minimum absolute atomic E-state index is 0.174. The second-order valence-corrected chi connectivity index (χ2v) is 15.7. The van der Waals surface area contributed by atoms with Gasteiger partial charge < -0.3 is 5.32 Å². The summed E-state index contributed by atoms with van der Waals surface area (Å²) < 4.78 is 45.2. The molecule has 9 heteroatoms. The van der Waals surface area contributed by atoms with Gasteiger partial charge in [-0.2, -0.15) is 0 Å². The van der Waals surface area contributed by atoms with E-state index in [4.69, 9.17) is 13.6 Å². The minimum Gasteiger partial charge on any atom is -0.313 e. The number of hydrogen-bond acceptors (Lipinski definition) is 7. The third kappa shape index (κ3) is 7.99. The quantitative estimate of drug-likeness (QED) is 0.357. The molecule has 2 aliphatic heterocycles. The number of halogens is 1. The third-order valence-corrected chi connectivity index (χ3v) is 10.8. The highest BCUT2D eigenvalue weighted by atomic mass is 31.2. The normalized spacial score (nSPS) is 38.5. The predicted molar refractivity (Wildman–Crippen MR) is 146 cm³/mol. The van der Waals surface area contributed by atoms with Crippen LogP contribution in [0.5, 0.6) is 0 Å². The first-order valence-corrected chi connectivity index (χ1v) is 16.2. The molecule has 0 spiro atoms. The number of phosphoric ester groups is 1. The smallest absolute Gasteiger partial charge is 0.313 e. The SMILES string of the molecule is C[C@@H]1C[C@H]([C@@H]2NCCC[C@@H]2[C@@H]2CCC3[C@H](CNN3COP(=O)(OC(C)(C)C)OC(C)(C)C)C2)CC[C@@H]1F. The lowest BCUT2D eigenvalue weighted by Gasteiger charge is -2.47. The second-order valence-electron chi connectivity index (χ2n) is 14.2. The van der Waals surface area contributed by atoms with Gasteiger partial charge in [0.05, 0.1) is 11.2 Å². The molecule has 0 bridgehead atoms. The number of alkyl halides is 1. The van der Waals surface area contributed by atoms with Crippen LogP contribution in [0, 0.1) is 29.6 Å². The lowest BCUT2D eigenvalue weighted by Crippen LogP contribution is -2.52. The van der Waals surface area contributed by atoms with E-state index in [0.717, 1.165) is 38.8 Å². The Hall–Kier alpha value is -0.0800. The Morgan fingerprint density at radius 2 is 1.59 bits per heavy atom. The van der Waals surface area contributed by atoms with Crippen LogP contribution in [0.3, 0.4) is 0 Å². The molecule has 4 aliphatic rings. The van der Waals surface area contributed by atoms with E-state index >= 15 is 0 Å². The van der Waals surface area contributed by atoms with Crippen molar-refractivity contribution in [3.05, 3.63) is 0 Å². The Labute approximate surface area is 224 Å². The molecule has 2 heterocycles. The molecule has 37 heavy (non-hydrogen) atoms. The van der Waals surface area contributed by atoms with Gasteiger partial charge in [0.25, 0.3) is 0 Å². The van der Waals surface area contributed by atoms with Crippen molar-refractivity contribution in [2.24, 2.45) is 29.6 Å². The van der Waals surface area contributed by atoms with Crippen molar-refractivity contribution >= 4 is 7.82 Å². The van der Waals surface area contributed by atoms with Crippen LogP contribution in [0.4, 0.5) is 4.39 Å². The van der Waals surface area contributed by atoms with Gasteiger partial charge in [0.15, 0.2) is 0 Å². The molecule has 8 atom stereocenters.